The Kier molecular flexibility index (Phi) is 6.31. The molecular formula is C16H14F2N4O5. The maximum atomic E-state index is 13.5. The van der Waals surface area contributed by atoms with Gasteiger partial charge in [-0.15, -0.1) is 0 Å². The number of carboxylic acids is 1. The summed E-state index contributed by atoms with van der Waals surface area (Å²) in [6.07, 6.45) is 0.197. The van der Waals surface area contributed by atoms with E-state index in [1.807, 2.05) is 0 Å². The number of aromatic amines is 1. The van der Waals surface area contributed by atoms with E-state index in [2.05, 4.69) is 20.6 Å². The van der Waals surface area contributed by atoms with Crippen LogP contribution < -0.4 is 16.2 Å². The molecule has 142 valence electrons. The van der Waals surface area contributed by atoms with Crippen molar-refractivity contribution >= 4 is 23.7 Å². The van der Waals surface area contributed by atoms with E-state index in [1.165, 1.54) is 0 Å². The van der Waals surface area contributed by atoms with Crippen molar-refractivity contribution in [1.29, 1.82) is 0 Å². The first kappa shape index (κ1) is 19.7. The normalized spacial score (nSPS) is 10.3. The van der Waals surface area contributed by atoms with Gasteiger partial charge in [-0.25, -0.2) is 13.8 Å². The van der Waals surface area contributed by atoms with Crippen molar-refractivity contribution in [2.45, 2.75) is 19.4 Å². The Morgan fingerprint density at radius 2 is 1.93 bits per heavy atom. The molecule has 0 aliphatic rings. The number of nitrogens with zero attached hydrogens (tertiary/aromatic N) is 1. The van der Waals surface area contributed by atoms with Gasteiger partial charge in [0.1, 0.15) is 17.2 Å². The number of aliphatic carboxylic acids is 1. The largest absolute Gasteiger partial charge is 0.481 e. The number of hydrogen-bond donors (Lipinski definition) is 4. The number of carbonyl (C=O) groups excluding carboxylic acids is 2. The van der Waals surface area contributed by atoms with Gasteiger partial charge >= 0.3 is 5.97 Å². The maximum Gasteiger partial charge on any atom is 0.303 e. The summed E-state index contributed by atoms with van der Waals surface area (Å²) in [4.78, 5) is 51.7. The maximum absolute atomic E-state index is 13.5. The third-order valence-corrected chi connectivity index (χ3v) is 3.32. The van der Waals surface area contributed by atoms with E-state index >= 15 is 0 Å². The van der Waals surface area contributed by atoms with Crippen LogP contribution in [0.4, 0.5) is 14.7 Å². The number of halogens is 2. The molecule has 2 amide bonds. The van der Waals surface area contributed by atoms with E-state index in [0.29, 0.717) is 6.07 Å². The van der Waals surface area contributed by atoms with Gasteiger partial charge in [0.05, 0.1) is 6.42 Å². The molecule has 1 heterocycles. The van der Waals surface area contributed by atoms with Gasteiger partial charge in [0.2, 0.25) is 11.9 Å². The molecule has 2 rings (SSSR count). The van der Waals surface area contributed by atoms with Crippen LogP contribution in [-0.4, -0.2) is 32.9 Å². The number of amides is 2. The van der Waals surface area contributed by atoms with E-state index in [4.69, 9.17) is 5.11 Å². The summed E-state index contributed by atoms with van der Waals surface area (Å²) < 4.78 is 26.4. The lowest BCUT2D eigenvalue weighted by molar-refractivity contribution is -0.138. The van der Waals surface area contributed by atoms with E-state index in [9.17, 15) is 28.0 Å². The molecule has 0 aliphatic heterocycles. The van der Waals surface area contributed by atoms with Crippen molar-refractivity contribution < 1.29 is 28.3 Å². The van der Waals surface area contributed by atoms with Gasteiger partial charge < -0.3 is 10.4 Å². The number of carbonyl (C=O) groups is 3. The molecule has 4 N–H and O–H groups in total. The highest BCUT2D eigenvalue weighted by Crippen LogP contribution is 2.09. The number of nitrogens with one attached hydrogen (secondary N) is 3. The minimum Gasteiger partial charge on any atom is -0.481 e. The average Bonchev–Trinajstić information content (AvgIpc) is 2.59. The predicted octanol–water partition coefficient (Wildman–Crippen LogP) is 0.781. The number of aromatic nitrogens is 2. The van der Waals surface area contributed by atoms with Crippen molar-refractivity contribution in [3.05, 3.63) is 57.5 Å². The van der Waals surface area contributed by atoms with Gasteiger partial charge in [-0.3, -0.25) is 29.5 Å². The Labute approximate surface area is 150 Å². The van der Waals surface area contributed by atoms with Crippen molar-refractivity contribution in [1.82, 2.24) is 15.3 Å². The van der Waals surface area contributed by atoms with Gasteiger partial charge in [-0.05, 0) is 6.07 Å². The van der Waals surface area contributed by atoms with Crippen molar-refractivity contribution in [2.75, 3.05) is 5.32 Å². The lowest BCUT2D eigenvalue weighted by Crippen LogP contribution is -2.30. The van der Waals surface area contributed by atoms with Crippen LogP contribution in [0.25, 0.3) is 0 Å². The second-order valence-electron chi connectivity index (χ2n) is 5.33. The van der Waals surface area contributed by atoms with E-state index in [0.717, 1.165) is 18.3 Å². The van der Waals surface area contributed by atoms with Crippen LogP contribution in [0.1, 0.15) is 28.8 Å². The number of hydrogen-bond acceptors (Lipinski definition) is 5. The molecule has 0 fully saturated rings. The van der Waals surface area contributed by atoms with Crippen LogP contribution in [0.5, 0.6) is 0 Å². The third kappa shape index (κ3) is 5.70. The van der Waals surface area contributed by atoms with E-state index in [-0.39, 0.29) is 30.0 Å². The predicted molar refractivity (Wildman–Crippen MR) is 87.9 cm³/mol. The Balaban J connectivity index is 1.99. The fourth-order valence-corrected chi connectivity index (χ4v) is 1.97. The fraction of sp³-hybridized carbons (Fsp3) is 0.188. The molecule has 11 heteroatoms. The first-order valence-electron chi connectivity index (χ1n) is 7.59. The number of carboxylic acid groups (broad SMARTS) is 1. The average molecular weight is 380 g/mol. The highest BCUT2D eigenvalue weighted by atomic mass is 19.1. The van der Waals surface area contributed by atoms with Crippen LogP contribution in [0.15, 0.2) is 29.2 Å². The van der Waals surface area contributed by atoms with Crippen molar-refractivity contribution in [3.63, 3.8) is 0 Å². The fourth-order valence-electron chi connectivity index (χ4n) is 1.97. The summed E-state index contributed by atoms with van der Waals surface area (Å²) >= 11 is 0. The SMILES string of the molecule is O=C(O)CCC(=O)Nc1ncc(C(=O)NCc2ccc(F)cc2F)c(=O)[nH]1. The minimum atomic E-state index is -1.16. The second-order valence-corrected chi connectivity index (χ2v) is 5.33. The summed E-state index contributed by atoms with van der Waals surface area (Å²) in [5.41, 5.74) is -1.23. The molecule has 0 saturated heterocycles. The number of H-pyrrole nitrogens is 1. The molecule has 0 spiro atoms. The monoisotopic (exact) mass is 380 g/mol. The molecule has 1 aromatic heterocycles. The van der Waals surface area contributed by atoms with Crippen molar-refractivity contribution in [2.24, 2.45) is 0 Å². The zero-order valence-electron chi connectivity index (χ0n) is 13.7. The number of rotatable bonds is 7. The van der Waals surface area contributed by atoms with E-state index in [1.54, 1.807) is 0 Å². The molecule has 9 nitrogen and oxygen atoms in total. The van der Waals surface area contributed by atoms with Gasteiger partial charge in [-0.2, -0.15) is 0 Å². The molecule has 0 radical (unpaired) electrons. The Hall–Kier alpha value is -3.63. The summed E-state index contributed by atoms with van der Waals surface area (Å²) in [5, 5.41) is 13.0. The Bertz CT molecular complexity index is 945. The molecule has 0 atom stereocenters. The van der Waals surface area contributed by atoms with Gasteiger partial charge in [0.15, 0.2) is 0 Å². The van der Waals surface area contributed by atoms with Crippen LogP contribution in [-0.2, 0) is 16.1 Å². The highest BCUT2D eigenvalue weighted by molar-refractivity contribution is 5.94. The van der Waals surface area contributed by atoms with E-state index < -0.39 is 41.4 Å². The first-order valence-corrected chi connectivity index (χ1v) is 7.59. The number of benzene rings is 1. The van der Waals surface area contributed by atoms with Crippen LogP contribution in [0.2, 0.25) is 0 Å². The van der Waals surface area contributed by atoms with Crippen LogP contribution in [0, 0.1) is 11.6 Å². The summed E-state index contributed by atoms with van der Waals surface area (Å²) in [6, 6.07) is 2.85. The molecule has 0 bridgehead atoms. The molecule has 2 aromatic rings. The van der Waals surface area contributed by atoms with Gasteiger partial charge in [0.25, 0.3) is 11.5 Å². The molecule has 1 aromatic carbocycles. The highest BCUT2D eigenvalue weighted by Gasteiger charge is 2.14. The smallest absolute Gasteiger partial charge is 0.303 e. The Morgan fingerprint density at radius 3 is 2.56 bits per heavy atom. The lowest BCUT2D eigenvalue weighted by atomic mass is 10.2. The second kappa shape index (κ2) is 8.65. The summed E-state index contributed by atoms with van der Waals surface area (Å²) in [6.45, 7) is -0.280. The Morgan fingerprint density at radius 1 is 1.19 bits per heavy atom. The molecule has 0 aliphatic carbocycles. The van der Waals surface area contributed by atoms with Crippen LogP contribution in [0.3, 0.4) is 0 Å². The van der Waals surface area contributed by atoms with Gasteiger partial charge in [0, 0.05) is 30.8 Å². The van der Waals surface area contributed by atoms with Crippen LogP contribution >= 0.6 is 0 Å². The zero-order valence-corrected chi connectivity index (χ0v) is 13.7. The molecule has 27 heavy (non-hydrogen) atoms. The lowest BCUT2D eigenvalue weighted by Gasteiger charge is -2.07. The molecular weight excluding hydrogens is 366 g/mol. The quantitative estimate of drug-likeness (QED) is 0.559. The first-order chi connectivity index (χ1) is 12.8. The molecule has 0 unspecified atom stereocenters. The standard InChI is InChI=1S/C16H14F2N4O5/c17-9-2-1-8(11(18)5-9)6-19-14(26)10-7-20-16(22-15(10)27)21-12(23)3-4-13(24)25/h1-2,5,7H,3-4,6H2,(H,19,26)(H,24,25)(H2,20,21,22,23,27). The number of anilines is 1. The third-order valence-electron chi connectivity index (χ3n) is 3.32. The summed E-state index contributed by atoms with van der Waals surface area (Å²) in [5.74, 6) is -4.54. The zero-order chi connectivity index (χ0) is 20.0. The van der Waals surface area contributed by atoms with Crippen molar-refractivity contribution in [3.8, 4) is 0 Å². The topological polar surface area (TPSA) is 141 Å². The summed E-state index contributed by atoms with van der Waals surface area (Å²) in [7, 11) is 0. The molecule has 0 saturated carbocycles. The minimum absolute atomic E-state index is 0.0245. The van der Waals surface area contributed by atoms with Gasteiger partial charge in [-0.1, -0.05) is 6.07 Å².